The van der Waals surface area contributed by atoms with Gasteiger partial charge in [0.05, 0.1) is 17.8 Å². The fraction of sp³-hybridized carbons (Fsp3) is 0.526. The number of carbonyl (C=O) groups excluding carboxylic acids is 2. The van der Waals surface area contributed by atoms with Crippen molar-refractivity contribution in [3.05, 3.63) is 33.0 Å². The number of rotatable bonds is 7. The summed E-state index contributed by atoms with van der Waals surface area (Å²) in [6.45, 7) is 5.60. The van der Waals surface area contributed by atoms with Crippen LogP contribution in [0.2, 0.25) is 0 Å². The van der Waals surface area contributed by atoms with Gasteiger partial charge in [0.1, 0.15) is 0 Å². The average Bonchev–Trinajstić information content (AvgIpc) is 3.29. The summed E-state index contributed by atoms with van der Waals surface area (Å²) in [5, 5.41) is 7.21. The van der Waals surface area contributed by atoms with E-state index < -0.39 is 0 Å². The van der Waals surface area contributed by atoms with Crippen molar-refractivity contribution < 1.29 is 9.59 Å². The molecule has 0 saturated heterocycles. The largest absolute Gasteiger partial charge is 0.337 e. The summed E-state index contributed by atoms with van der Waals surface area (Å²) in [5.41, 5.74) is 1.67. The Morgan fingerprint density at radius 3 is 2.73 bits per heavy atom. The lowest BCUT2D eigenvalue weighted by atomic mass is 9.96. The fourth-order valence-corrected chi connectivity index (χ4v) is 5.00. The maximum absolute atomic E-state index is 12.9. The molecule has 0 unspecified atom stereocenters. The number of aromatic nitrogens is 1. The summed E-state index contributed by atoms with van der Waals surface area (Å²) in [5.74, 6) is 0.282. The predicted octanol–water partition coefficient (Wildman–Crippen LogP) is 4.56. The Balaban J connectivity index is 1.66. The van der Waals surface area contributed by atoms with Gasteiger partial charge in [0.15, 0.2) is 5.13 Å². The van der Waals surface area contributed by atoms with Crippen LogP contribution in [0.4, 0.5) is 5.13 Å². The van der Waals surface area contributed by atoms with E-state index in [0.717, 1.165) is 49.2 Å². The highest BCUT2D eigenvalue weighted by atomic mass is 32.1. The molecule has 2 aromatic heterocycles. The zero-order chi connectivity index (χ0) is 18.5. The van der Waals surface area contributed by atoms with Gasteiger partial charge in [0.25, 0.3) is 5.91 Å². The maximum atomic E-state index is 12.9. The molecule has 2 amide bonds. The minimum absolute atomic E-state index is 0.128. The van der Waals surface area contributed by atoms with Gasteiger partial charge in [-0.15, -0.1) is 0 Å². The minimum Gasteiger partial charge on any atom is -0.337 e. The Hall–Kier alpha value is -1.73. The van der Waals surface area contributed by atoms with E-state index in [9.17, 15) is 9.59 Å². The number of nitrogens with one attached hydrogen (secondary N) is 1. The second-order valence-electron chi connectivity index (χ2n) is 6.64. The second kappa shape index (κ2) is 8.77. The van der Waals surface area contributed by atoms with Crippen molar-refractivity contribution in [3.8, 4) is 0 Å². The van der Waals surface area contributed by atoms with Crippen molar-refractivity contribution in [1.82, 2.24) is 9.88 Å². The standard InChI is InChI=1S/C19H25N3O2S2/c1-3-5-13(6-4-2)18(24)22-9-7-15-16(11-22)26-19(20-15)21-17(23)14-8-10-25-12-14/h8,10,12-13H,3-7,9,11H2,1-2H3,(H,20,21,23). The Morgan fingerprint density at radius 2 is 2.08 bits per heavy atom. The van der Waals surface area contributed by atoms with Crippen LogP contribution >= 0.6 is 22.7 Å². The van der Waals surface area contributed by atoms with Gasteiger partial charge in [-0.05, 0) is 24.3 Å². The lowest BCUT2D eigenvalue weighted by Crippen LogP contribution is -2.39. The number of thiophene rings is 1. The van der Waals surface area contributed by atoms with E-state index in [0.29, 0.717) is 17.2 Å². The number of hydrogen-bond acceptors (Lipinski definition) is 5. The summed E-state index contributed by atoms with van der Waals surface area (Å²) in [6, 6.07) is 1.80. The molecule has 0 saturated carbocycles. The van der Waals surface area contributed by atoms with Crippen molar-refractivity contribution in [2.75, 3.05) is 11.9 Å². The minimum atomic E-state index is -0.128. The number of nitrogens with zero attached hydrogens (tertiary/aromatic N) is 2. The van der Waals surface area contributed by atoms with E-state index in [-0.39, 0.29) is 17.7 Å². The molecule has 0 aliphatic carbocycles. The van der Waals surface area contributed by atoms with Gasteiger partial charge < -0.3 is 4.90 Å². The highest BCUT2D eigenvalue weighted by Gasteiger charge is 2.28. The van der Waals surface area contributed by atoms with Crippen LogP contribution in [0.25, 0.3) is 0 Å². The summed E-state index contributed by atoms with van der Waals surface area (Å²) in [7, 11) is 0. The molecule has 1 N–H and O–H groups in total. The Labute approximate surface area is 162 Å². The molecule has 7 heteroatoms. The van der Waals surface area contributed by atoms with Crippen LogP contribution in [0.15, 0.2) is 16.8 Å². The highest BCUT2D eigenvalue weighted by Crippen LogP contribution is 2.30. The van der Waals surface area contributed by atoms with E-state index in [1.807, 2.05) is 15.7 Å². The van der Waals surface area contributed by atoms with Crippen LogP contribution in [-0.4, -0.2) is 28.2 Å². The molecule has 0 aromatic carbocycles. The van der Waals surface area contributed by atoms with Crippen LogP contribution in [-0.2, 0) is 17.8 Å². The molecule has 5 nitrogen and oxygen atoms in total. The first-order valence-corrected chi connectivity index (χ1v) is 11.0. The van der Waals surface area contributed by atoms with Crippen molar-refractivity contribution >= 4 is 39.6 Å². The molecule has 0 bridgehead atoms. The van der Waals surface area contributed by atoms with Crippen LogP contribution in [0.1, 0.15) is 60.5 Å². The molecular formula is C19H25N3O2S2. The molecule has 0 spiro atoms. The summed E-state index contributed by atoms with van der Waals surface area (Å²) in [4.78, 5) is 32.7. The number of fused-ring (bicyclic) bond motifs is 1. The van der Waals surface area contributed by atoms with Crippen LogP contribution in [0, 0.1) is 5.92 Å². The molecule has 1 aliphatic heterocycles. The smallest absolute Gasteiger partial charge is 0.258 e. The van der Waals surface area contributed by atoms with Crippen molar-refractivity contribution in [1.29, 1.82) is 0 Å². The molecule has 3 rings (SSSR count). The lowest BCUT2D eigenvalue weighted by Gasteiger charge is -2.29. The van der Waals surface area contributed by atoms with Crippen LogP contribution < -0.4 is 5.32 Å². The Kier molecular flexibility index (Phi) is 6.43. The summed E-state index contributed by atoms with van der Waals surface area (Å²) < 4.78 is 0. The first-order chi connectivity index (χ1) is 12.6. The topological polar surface area (TPSA) is 62.3 Å². The van der Waals surface area contributed by atoms with E-state index >= 15 is 0 Å². The Morgan fingerprint density at radius 1 is 1.31 bits per heavy atom. The molecule has 0 radical (unpaired) electrons. The van der Waals surface area contributed by atoms with E-state index in [4.69, 9.17) is 0 Å². The number of carbonyl (C=O) groups is 2. The quantitative estimate of drug-likeness (QED) is 0.753. The molecule has 3 heterocycles. The van der Waals surface area contributed by atoms with Crippen molar-refractivity contribution in [2.24, 2.45) is 5.92 Å². The van der Waals surface area contributed by atoms with Gasteiger partial charge in [0.2, 0.25) is 5.91 Å². The number of thiazole rings is 1. The number of amides is 2. The average molecular weight is 392 g/mol. The first kappa shape index (κ1) is 19.0. The normalized spacial score (nSPS) is 13.7. The molecule has 0 fully saturated rings. The zero-order valence-electron chi connectivity index (χ0n) is 15.3. The molecule has 2 aromatic rings. The van der Waals surface area contributed by atoms with Gasteiger partial charge in [0, 0.05) is 29.1 Å². The monoisotopic (exact) mass is 391 g/mol. The third-order valence-electron chi connectivity index (χ3n) is 4.67. The third-order valence-corrected chi connectivity index (χ3v) is 6.35. The van der Waals surface area contributed by atoms with Gasteiger partial charge in [-0.2, -0.15) is 11.3 Å². The molecule has 26 heavy (non-hydrogen) atoms. The van der Waals surface area contributed by atoms with E-state index in [1.165, 1.54) is 22.7 Å². The van der Waals surface area contributed by atoms with Gasteiger partial charge in [-0.1, -0.05) is 38.0 Å². The highest BCUT2D eigenvalue weighted by molar-refractivity contribution is 7.16. The molecule has 140 valence electrons. The maximum Gasteiger partial charge on any atom is 0.258 e. The van der Waals surface area contributed by atoms with E-state index in [1.54, 1.807) is 6.07 Å². The van der Waals surface area contributed by atoms with Crippen molar-refractivity contribution in [2.45, 2.75) is 52.5 Å². The molecule has 1 aliphatic rings. The first-order valence-electron chi connectivity index (χ1n) is 9.23. The predicted molar refractivity (Wildman–Crippen MR) is 107 cm³/mol. The number of hydrogen-bond donors (Lipinski definition) is 1. The Bertz CT molecular complexity index is 749. The van der Waals surface area contributed by atoms with Crippen LogP contribution in [0.3, 0.4) is 0 Å². The second-order valence-corrected chi connectivity index (χ2v) is 8.50. The molecular weight excluding hydrogens is 366 g/mol. The zero-order valence-corrected chi connectivity index (χ0v) is 16.9. The third kappa shape index (κ3) is 4.32. The SMILES string of the molecule is CCCC(CCC)C(=O)N1CCc2nc(NC(=O)c3ccsc3)sc2C1. The number of anilines is 1. The summed E-state index contributed by atoms with van der Waals surface area (Å²) in [6.07, 6.45) is 4.75. The van der Waals surface area contributed by atoms with Crippen LogP contribution in [0.5, 0.6) is 0 Å². The summed E-state index contributed by atoms with van der Waals surface area (Å²) >= 11 is 2.98. The van der Waals surface area contributed by atoms with Gasteiger partial charge in [-0.25, -0.2) is 4.98 Å². The van der Waals surface area contributed by atoms with Gasteiger partial charge in [-0.3, -0.25) is 14.9 Å². The van der Waals surface area contributed by atoms with E-state index in [2.05, 4.69) is 24.1 Å². The van der Waals surface area contributed by atoms with Gasteiger partial charge >= 0.3 is 0 Å². The van der Waals surface area contributed by atoms with Crippen molar-refractivity contribution in [3.63, 3.8) is 0 Å². The lowest BCUT2D eigenvalue weighted by molar-refractivity contribution is -0.137. The fourth-order valence-electron chi connectivity index (χ4n) is 3.35. The molecule has 0 atom stereocenters.